The highest BCUT2D eigenvalue weighted by Crippen LogP contribution is 2.36. The van der Waals surface area contributed by atoms with Gasteiger partial charge in [-0.15, -0.1) is 0 Å². The average molecular weight is 368 g/mol. The van der Waals surface area contributed by atoms with E-state index in [0.29, 0.717) is 0 Å². The molecule has 1 aliphatic heterocycles. The second-order valence-corrected chi connectivity index (χ2v) is 5.87. The number of rotatable bonds is 3. The number of hydrogen-bond donors (Lipinski definition) is 6. The summed E-state index contributed by atoms with van der Waals surface area (Å²) in [6.07, 6.45) is -7.33. The van der Waals surface area contributed by atoms with Crippen molar-refractivity contribution in [1.82, 2.24) is 0 Å². The van der Waals surface area contributed by atoms with Gasteiger partial charge in [0.2, 0.25) is 12.1 Å². The number of carbonyl (C=O) groups is 2. The SMILES string of the molecule is O=C1C=C(OC2O[C@H](CO)[C@@H](O)[C@H](O)[C@H]2O)C(=O)c2c(O)ccc(O)c21. The number of aliphatic hydroxyl groups excluding tert-OH is 4. The van der Waals surface area contributed by atoms with E-state index in [-0.39, 0.29) is 0 Å². The summed E-state index contributed by atoms with van der Waals surface area (Å²) >= 11 is 0. The molecule has 10 heteroatoms. The van der Waals surface area contributed by atoms with Crippen LogP contribution in [-0.4, -0.2) is 79.5 Å². The molecule has 0 bridgehead atoms. The fourth-order valence-electron chi connectivity index (χ4n) is 2.82. The third-order valence-electron chi connectivity index (χ3n) is 4.21. The van der Waals surface area contributed by atoms with Crippen molar-refractivity contribution < 1.29 is 49.7 Å². The van der Waals surface area contributed by atoms with Gasteiger partial charge in [0.05, 0.1) is 17.7 Å². The Morgan fingerprint density at radius 3 is 2.19 bits per heavy atom. The molecule has 1 aromatic rings. The van der Waals surface area contributed by atoms with E-state index in [9.17, 15) is 35.1 Å². The Balaban J connectivity index is 1.90. The van der Waals surface area contributed by atoms with Gasteiger partial charge in [0.1, 0.15) is 35.9 Å². The van der Waals surface area contributed by atoms with Crippen molar-refractivity contribution in [3.63, 3.8) is 0 Å². The van der Waals surface area contributed by atoms with Crippen LogP contribution in [0.4, 0.5) is 0 Å². The van der Waals surface area contributed by atoms with E-state index in [1.165, 1.54) is 0 Å². The molecule has 0 saturated carbocycles. The lowest BCUT2D eigenvalue weighted by Crippen LogP contribution is -2.59. The third kappa shape index (κ3) is 2.83. The minimum absolute atomic E-state index is 0.392. The van der Waals surface area contributed by atoms with Crippen LogP contribution in [0.1, 0.15) is 20.7 Å². The van der Waals surface area contributed by atoms with E-state index in [2.05, 4.69) is 0 Å². The summed E-state index contributed by atoms with van der Waals surface area (Å²) in [6.45, 7) is -0.700. The van der Waals surface area contributed by atoms with Crippen molar-refractivity contribution in [2.45, 2.75) is 30.7 Å². The highest BCUT2D eigenvalue weighted by molar-refractivity contribution is 6.25. The largest absolute Gasteiger partial charge is 0.507 e. The maximum Gasteiger partial charge on any atom is 0.232 e. The summed E-state index contributed by atoms with van der Waals surface area (Å²) in [5.41, 5.74) is -0.867. The molecule has 0 aromatic heterocycles. The van der Waals surface area contributed by atoms with Gasteiger partial charge in [-0.1, -0.05) is 0 Å². The lowest BCUT2D eigenvalue weighted by Gasteiger charge is -2.39. The Morgan fingerprint density at radius 2 is 1.58 bits per heavy atom. The number of ether oxygens (including phenoxy) is 2. The lowest BCUT2D eigenvalue weighted by atomic mass is 9.91. The van der Waals surface area contributed by atoms with Crippen molar-refractivity contribution >= 4 is 11.6 Å². The predicted octanol–water partition coefficient (Wildman–Crippen LogP) is -1.82. The number of allylic oxidation sites excluding steroid dienone is 2. The number of fused-ring (bicyclic) bond motifs is 1. The summed E-state index contributed by atoms with van der Waals surface area (Å²) in [5, 5.41) is 58.1. The quantitative estimate of drug-likeness (QED) is 0.333. The zero-order chi connectivity index (χ0) is 19.2. The van der Waals surface area contributed by atoms with Crippen LogP contribution in [0.3, 0.4) is 0 Å². The summed E-state index contributed by atoms with van der Waals surface area (Å²) in [6, 6.07) is 2.08. The molecule has 6 N–H and O–H groups in total. The van der Waals surface area contributed by atoms with Gasteiger partial charge in [0, 0.05) is 6.08 Å². The highest BCUT2D eigenvalue weighted by atomic mass is 16.7. The van der Waals surface area contributed by atoms with Gasteiger partial charge in [-0.3, -0.25) is 9.59 Å². The second kappa shape index (κ2) is 6.67. The van der Waals surface area contributed by atoms with Crippen LogP contribution in [0.25, 0.3) is 0 Å². The van der Waals surface area contributed by atoms with E-state index in [1.807, 2.05) is 0 Å². The van der Waals surface area contributed by atoms with Gasteiger partial charge in [-0.2, -0.15) is 0 Å². The molecule has 1 saturated heterocycles. The summed E-state index contributed by atoms with van der Waals surface area (Å²) in [5.74, 6) is -3.44. The van der Waals surface area contributed by atoms with Crippen molar-refractivity contribution in [1.29, 1.82) is 0 Å². The molecular formula is C16H16O10. The highest BCUT2D eigenvalue weighted by Gasteiger charge is 2.46. The number of phenols is 2. The zero-order valence-electron chi connectivity index (χ0n) is 13.1. The Bertz CT molecular complexity index is 783. The fraction of sp³-hybridized carbons (Fsp3) is 0.375. The van der Waals surface area contributed by atoms with Crippen LogP contribution in [-0.2, 0) is 9.47 Å². The number of ketones is 2. The fourth-order valence-corrected chi connectivity index (χ4v) is 2.82. The summed E-state index contributed by atoms with van der Waals surface area (Å²) < 4.78 is 10.3. The van der Waals surface area contributed by atoms with E-state index in [1.54, 1.807) is 0 Å². The third-order valence-corrected chi connectivity index (χ3v) is 4.21. The molecular weight excluding hydrogens is 352 g/mol. The molecule has 10 nitrogen and oxygen atoms in total. The van der Waals surface area contributed by atoms with E-state index in [0.717, 1.165) is 18.2 Å². The van der Waals surface area contributed by atoms with Crippen molar-refractivity contribution in [2.24, 2.45) is 0 Å². The molecule has 3 rings (SSSR count). The standard InChI is InChI=1S/C16H16O10/c17-4-9-13(22)14(23)15(24)16(26-9)25-8-3-7(20)10-5(18)1-2-6(19)11(10)12(8)21/h1-3,9,13-19,22-24H,4H2/t9-,13-,14+,15-,16?/m1/s1. The summed E-state index contributed by atoms with van der Waals surface area (Å²) in [7, 11) is 0. The molecule has 5 atom stereocenters. The smallest absolute Gasteiger partial charge is 0.232 e. The van der Waals surface area contributed by atoms with Gasteiger partial charge < -0.3 is 40.1 Å². The number of Topliss-reactive ketones (excluding diaryl/α,β-unsaturated/α-hetero) is 1. The van der Waals surface area contributed by atoms with Crippen LogP contribution in [0, 0.1) is 0 Å². The van der Waals surface area contributed by atoms with Gasteiger partial charge in [-0.05, 0) is 12.1 Å². The topological polar surface area (TPSA) is 174 Å². The lowest BCUT2D eigenvalue weighted by molar-refractivity contribution is -0.290. The molecule has 1 heterocycles. The molecule has 2 aliphatic rings. The van der Waals surface area contributed by atoms with Crippen LogP contribution >= 0.6 is 0 Å². The molecule has 1 fully saturated rings. The van der Waals surface area contributed by atoms with Crippen molar-refractivity contribution in [3.8, 4) is 11.5 Å². The molecule has 140 valence electrons. The Hall–Kier alpha value is -2.50. The zero-order valence-corrected chi connectivity index (χ0v) is 13.1. The van der Waals surface area contributed by atoms with Crippen LogP contribution in [0.15, 0.2) is 24.0 Å². The molecule has 1 unspecified atom stereocenters. The summed E-state index contributed by atoms with van der Waals surface area (Å²) in [4.78, 5) is 24.7. The van der Waals surface area contributed by atoms with Gasteiger partial charge in [-0.25, -0.2) is 0 Å². The first-order valence-electron chi connectivity index (χ1n) is 7.59. The average Bonchev–Trinajstić information content (AvgIpc) is 2.61. The molecule has 1 aromatic carbocycles. The Kier molecular flexibility index (Phi) is 4.69. The van der Waals surface area contributed by atoms with Gasteiger partial charge in [0.25, 0.3) is 0 Å². The van der Waals surface area contributed by atoms with Crippen LogP contribution in [0.2, 0.25) is 0 Å². The first-order valence-corrected chi connectivity index (χ1v) is 7.59. The number of phenolic OH excluding ortho intramolecular Hbond substituents is 2. The van der Waals surface area contributed by atoms with Gasteiger partial charge in [0.15, 0.2) is 11.5 Å². The number of benzene rings is 1. The van der Waals surface area contributed by atoms with Gasteiger partial charge >= 0.3 is 0 Å². The monoisotopic (exact) mass is 368 g/mol. The van der Waals surface area contributed by atoms with E-state index >= 15 is 0 Å². The second-order valence-electron chi connectivity index (χ2n) is 5.87. The molecule has 0 radical (unpaired) electrons. The number of aromatic hydroxyl groups is 2. The number of hydrogen-bond acceptors (Lipinski definition) is 10. The van der Waals surface area contributed by atoms with Crippen LogP contribution < -0.4 is 0 Å². The maximum absolute atomic E-state index is 12.5. The minimum atomic E-state index is -1.78. The Labute approximate surface area is 146 Å². The Morgan fingerprint density at radius 1 is 0.962 bits per heavy atom. The molecule has 26 heavy (non-hydrogen) atoms. The molecule has 1 aliphatic carbocycles. The minimum Gasteiger partial charge on any atom is -0.507 e. The normalized spacial score (nSPS) is 31.4. The van der Waals surface area contributed by atoms with Crippen molar-refractivity contribution in [2.75, 3.05) is 6.61 Å². The number of carbonyl (C=O) groups excluding carboxylic acids is 2. The van der Waals surface area contributed by atoms with Crippen LogP contribution in [0.5, 0.6) is 11.5 Å². The number of aliphatic hydroxyl groups is 4. The maximum atomic E-state index is 12.5. The van der Waals surface area contributed by atoms with E-state index < -0.39 is 77.3 Å². The molecule has 0 amide bonds. The predicted molar refractivity (Wildman–Crippen MR) is 81.4 cm³/mol. The van der Waals surface area contributed by atoms with E-state index in [4.69, 9.17) is 14.6 Å². The molecule has 0 spiro atoms. The first kappa shape index (κ1) is 18.3. The first-order chi connectivity index (χ1) is 12.3. The van der Waals surface area contributed by atoms with Crippen molar-refractivity contribution in [3.05, 3.63) is 35.1 Å².